The van der Waals surface area contributed by atoms with Crippen molar-refractivity contribution in [1.82, 2.24) is 19.8 Å². The summed E-state index contributed by atoms with van der Waals surface area (Å²) >= 11 is 1.22. The molecular formula is C19H26N4O4S2. The van der Waals surface area contributed by atoms with Gasteiger partial charge in [0.15, 0.2) is 5.82 Å². The number of carbonyl (C=O) groups is 1. The van der Waals surface area contributed by atoms with Crippen molar-refractivity contribution in [1.29, 1.82) is 0 Å². The van der Waals surface area contributed by atoms with E-state index in [0.717, 1.165) is 32.1 Å². The zero-order chi connectivity index (χ0) is 20.5. The van der Waals surface area contributed by atoms with Gasteiger partial charge in [-0.25, -0.2) is 8.42 Å². The summed E-state index contributed by atoms with van der Waals surface area (Å²) < 4.78 is 32.4. The summed E-state index contributed by atoms with van der Waals surface area (Å²) in [5.74, 6) is 0.797. The topological polar surface area (TPSA) is 105 Å². The molecule has 1 amide bonds. The van der Waals surface area contributed by atoms with Crippen molar-refractivity contribution in [2.75, 3.05) is 13.1 Å². The molecule has 4 rings (SSSR count). The molecule has 158 valence electrons. The fourth-order valence-corrected chi connectivity index (χ4v) is 6.90. The van der Waals surface area contributed by atoms with E-state index in [9.17, 15) is 13.2 Å². The molecule has 0 spiro atoms. The number of hydrogen-bond acceptors (Lipinski definition) is 7. The van der Waals surface area contributed by atoms with E-state index in [0.29, 0.717) is 41.9 Å². The van der Waals surface area contributed by atoms with Crippen LogP contribution in [0.15, 0.2) is 26.2 Å². The van der Waals surface area contributed by atoms with Gasteiger partial charge in [0.25, 0.3) is 10.0 Å². The molecule has 1 aliphatic heterocycles. The maximum Gasteiger partial charge on any atom is 0.252 e. The van der Waals surface area contributed by atoms with E-state index in [1.54, 1.807) is 24.4 Å². The van der Waals surface area contributed by atoms with Crippen LogP contribution in [0.4, 0.5) is 0 Å². The molecule has 8 nitrogen and oxygen atoms in total. The predicted molar refractivity (Wildman–Crippen MR) is 108 cm³/mol. The SMILES string of the molecule is Cc1nc(C2(NC(=O)C3CCN(S(=O)(=O)c4cccs4)CC3)CCCCC2)no1. The zero-order valence-electron chi connectivity index (χ0n) is 16.5. The Morgan fingerprint density at radius 1 is 1.28 bits per heavy atom. The van der Waals surface area contributed by atoms with Crippen LogP contribution in [0, 0.1) is 12.8 Å². The van der Waals surface area contributed by atoms with E-state index in [-0.39, 0.29) is 11.8 Å². The quantitative estimate of drug-likeness (QED) is 0.770. The van der Waals surface area contributed by atoms with Gasteiger partial charge in [-0.05, 0) is 37.1 Å². The zero-order valence-corrected chi connectivity index (χ0v) is 18.1. The van der Waals surface area contributed by atoms with Gasteiger partial charge in [-0.15, -0.1) is 11.3 Å². The van der Waals surface area contributed by atoms with E-state index in [4.69, 9.17) is 4.52 Å². The van der Waals surface area contributed by atoms with Gasteiger partial charge in [0.2, 0.25) is 11.8 Å². The molecule has 0 unspecified atom stereocenters. The summed E-state index contributed by atoms with van der Waals surface area (Å²) in [4.78, 5) is 17.5. The predicted octanol–water partition coefficient (Wildman–Crippen LogP) is 2.82. The molecule has 1 saturated heterocycles. The number of rotatable bonds is 5. The van der Waals surface area contributed by atoms with E-state index in [1.165, 1.54) is 15.6 Å². The second-order valence-electron chi connectivity index (χ2n) is 7.88. The van der Waals surface area contributed by atoms with Crippen LogP contribution in [-0.2, 0) is 20.4 Å². The number of nitrogens with one attached hydrogen (secondary N) is 1. The molecule has 0 aromatic carbocycles. The molecule has 0 bridgehead atoms. The van der Waals surface area contributed by atoms with Crippen LogP contribution >= 0.6 is 11.3 Å². The van der Waals surface area contributed by atoms with Crippen LogP contribution in [0.3, 0.4) is 0 Å². The van der Waals surface area contributed by atoms with Crippen LogP contribution in [-0.4, -0.2) is 41.9 Å². The monoisotopic (exact) mass is 438 g/mol. The van der Waals surface area contributed by atoms with E-state index < -0.39 is 15.6 Å². The number of aryl methyl sites for hydroxylation is 1. The van der Waals surface area contributed by atoms with Crippen LogP contribution in [0.25, 0.3) is 0 Å². The summed E-state index contributed by atoms with van der Waals surface area (Å²) in [6.07, 6.45) is 5.76. The molecule has 2 fully saturated rings. The van der Waals surface area contributed by atoms with Gasteiger partial charge in [0.05, 0.1) is 0 Å². The van der Waals surface area contributed by atoms with Crippen molar-refractivity contribution in [3.05, 3.63) is 29.2 Å². The number of thiophene rings is 1. The Hall–Kier alpha value is -1.78. The molecule has 3 heterocycles. The van der Waals surface area contributed by atoms with Crippen LogP contribution in [0.2, 0.25) is 0 Å². The normalized spacial score (nSPS) is 21.1. The fourth-order valence-electron chi connectivity index (χ4n) is 4.29. The fraction of sp³-hybridized carbons (Fsp3) is 0.632. The molecule has 2 aromatic heterocycles. The molecule has 2 aliphatic rings. The average molecular weight is 439 g/mol. The van der Waals surface area contributed by atoms with E-state index in [1.807, 2.05) is 0 Å². The summed E-state index contributed by atoms with van der Waals surface area (Å²) in [7, 11) is -3.46. The Morgan fingerprint density at radius 3 is 2.59 bits per heavy atom. The lowest BCUT2D eigenvalue weighted by Gasteiger charge is -2.37. The Balaban J connectivity index is 1.42. The number of amides is 1. The van der Waals surface area contributed by atoms with Crippen molar-refractivity contribution < 1.29 is 17.7 Å². The average Bonchev–Trinajstić information content (AvgIpc) is 3.41. The number of carbonyl (C=O) groups excluding carboxylic acids is 1. The van der Waals surface area contributed by atoms with E-state index in [2.05, 4.69) is 15.5 Å². The van der Waals surface area contributed by atoms with Crippen molar-refractivity contribution >= 4 is 27.3 Å². The Morgan fingerprint density at radius 2 is 2.00 bits per heavy atom. The molecule has 2 aromatic rings. The molecular weight excluding hydrogens is 412 g/mol. The minimum absolute atomic E-state index is 0.0393. The third-order valence-corrected chi connectivity index (χ3v) is 9.21. The molecule has 10 heteroatoms. The minimum atomic E-state index is -3.46. The van der Waals surface area contributed by atoms with Crippen molar-refractivity contribution in [2.24, 2.45) is 5.92 Å². The first-order valence-electron chi connectivity index (χ1n) is 10.1. The highest BCUT2D eigenvalue weighted by atomic mass is 32.2. The summed E-state index contributed by atoms with van der Waals surface area (Å²) in [5, 5.41) is 9.08. The summed E-state index contributed by atoms with van der Waals surface area (Å²) in [6.45, 7) is 2.46. The number of aromatic nitrogens is 2. The van der Waals surface area contributed by atoms with Gasteiger partial charge in [0.1, 0.15) is 9.75 Å². The summed E-state index contributed by atoms with van der Waals surface area (Å²) in [5.41, 5.74) is -0.576. The first kappa shape index (κ1) is 20.5. The maximum absolute atomic E-state index is 13.1. The van der Waals surface area contributed by atoms with Gasteiger partial charge < -0.3 is 9.84 Å². The smallest absolute Gasteiger partial charge is 0.252 e. The highest BCUT2D eigenvalue weighted by Gasteiger charge is 2.42. The number of hydrogen-bond donors (Lipinski definition) is 1. The van der Waals surface area contributed by atoms with Crippen molar-refractivity contribution in [3.63, 3.8) is 0 Å². The lowest BCUT2D eigenvalue weighted by Crippen LogP contribution is -2.51. The second kappa shape index (κ2) is 8.16. The number of nitrogens with zero attached hydrogens (tertiary/aromatic N) is 3. The Kier molecular flexibility index (Phi) is 5.76. The van der Waals surface area contributed by atoms with Gasteiger partial charge in [-0.2, -0.15) is 9.29 Å². The molecule has 1 saturated carbocycles. The highest BCUT2D eigenvalue weighted by Crippen LogP contribution is 2.36. The minimum Gasteiger partial charge on any atom is -0.343 e. The largest absolute Gasteiger partial charge is 0.343 e. The molecule has 0 radical (unpaired) electrons. The third kappa shape index (κ3) is 4.10. The lowest BCUT2D eigenvalue weighted by molar-refractivity contribution is -0.129. The number of sulfonamides is 1. The molecule has 1 N–H and O–H groups in total. The maximum atomic E-state index is 13.1. The second-order valence-corrected chi connectivity index (χ2v) is 11.0. The van der Waals surface area contributed by atoms with Gasteiger partial charge >= 0.3 is 0 Å². The third-order valence-electron chi connectivity index (χ3n) is 5.94. The standard InChI is InChI=1S/C19H26N4O4S2/c1-14-20-18(22-27-14)19(9-3-2-4-10-19)21-17(24)15-7-11-23(12-8-15)29(25,26)16-6-5-13-28-16/h5-6,13,15H,2-4,7-12H2,1H3,(H,21,24). The van der Waals surface area contributed by atoms with Crippen LogP contribution in [0.5, 0.6) is 0 Å². The van der Waals surface area contributed by atoms with E-state index >= 15 is 0 Å². The number of piperidine rings is 1. The Bertz CT molecular complexity index is 941. The van der Waals surface area contributed by atoms with Crippen molar-refractivity contribution in [2.45, 2.75) is 61.6 Å². The molecule has 1 aliphatic carbocycles. The van der Waals surface area contributed by atoms with Gasteiger partial charge in [-0.3, -0.25) is 4.79 Å². The van der Waals surface area contributed by atoms with Gasteiger partial charge in [0, 0.05) is 25.9 Å². The first-order chi connectivity index (χ1) is 13.9. The highest BCUT2D eigenvalue weighted by molar-refractivity contribution is 7.91. The lowest BCUT2D eigenvalue weighted by atomic mass is 9.80. The molecule has 29 heavy (non-hydrogen) atoms. The summed E-state index contributed by atoms with van der Waals surface area (Å²) in [6, 6.07) is 3.36. The van der Waals surface area contributed by atoms with Crippen LogP contribution in [0.1, 0.15) is 56.7 Å². The Labute approximate surface area is 174 Å². The first-order valence-corrected chi connectivity index (χ1v) is 12.4. The molecule has 0 atom stereocenters. The van der Waals surface area contributed by atoms with Gasteiger partial charge in [-0.1, -0.05) is 30.5 Å². The van der Waals surface area contributed by atoms with Crippen LogP contribution < -0.4 is 5.32 Å². The van der Waals surface area contributed by atoms with Crippen molar-refractivity contribution in [3.8, 4) is 0 Å².